The molecule has 5 nitrogen and oxygen atoms in total. The van der Waals surface area contributed by atoms with Crippen LogP contribution in [0.3, 0.4) is 0 Å². The first-order valence-electron chi connectivity index (χ1n) is 10.3. The van der Waals surface area contributed by atoms with Crippen LogP contribution in [0.15, 0.2) is 73.1 Å². The predicted octanol–water partition coefficient (Wildman–Crippen LogP) is 5.10. The highest BCUT2D eigenvalue weighted by Gasteiger charge is 2.25. The molecule has 1 heterocycles. The Labute approximate surface area is 194 Å². The monoisotopic (exact) mass is 449 g/mol. The first kappa shape index (κ1) is 23.4. The van der Waals surface area contributed by atoms with Crippen molar-refractivity contribution in [3.63, 3.8) is 0 Å². The summed E-state index contributed by atoms with van der Waals surface area (Å²) in [5.41, 5.74) is 3.71. The van der Waals surface area contributed by atoms with E-state index in [0.29, 0.717) is 21.8 Å². The number of benzene rings is 2. The average Bonchev–Trinajstić information content (AvgIpc) is 2.79. The molecule has 1 aromatic heterocycles. The van der Waals surface area contributed by atoms with Crippen molar-refractivity contribution in [2.45, 2.75) is 32.8 Å². The SMILES string of the molecule is COc1ccc(NC(=S)/C(=C(\O)c2ccc(C(C)(C)C)cc2)[n+]2cccc(CO)c2)cc1. The Balaban J connectivity index is 2.05. The Morgan fingerprint density at radius 3 is 2.25 bits per heavy atom. The maximum Gasteiger partial charge on any atom is 0.288 e. The van der Waals surface area contributed by atoms with E-state index in [-0.39, 0.29) is 17.8 Å². The number of hydrogen-bond donors (Lipinski definition) is 3. The minimum Gasteiger partial charge on any atom is -0.502 e. The number of hydrogen-bond acceptors (Lipinski definition) is 4. The van der Waals surface area contributed by atoms with Crippen LogP contribution in [0.1, 0.15) is 37.5 Å². The van der Waals surface area contributed by atoms with Crippen LogP contribution in [0.2, 0.25) is 0 Å². The van der Waals surface area contributed by atoms with Gasteiger partial charge in [0.2, 0.25) is 0 Å². The Bertz CT molecular complexity index is 1120. The van der Waals surface area contributed by atoms with Gasteiger partial charge in [-0.15, -0.1) is 0 Å². The van der Waals surface area contributed by atoms with E-state index in [4.69, 9.17) is 17.0 Å². The fourth-order valence-electron chi connectivity index (χ4n) is 3.23. The number of anilines is 1. The summed E-state index contributed by atoms with van der Waals surface area (Å²) >= 11 is 5.70. The van der Waals surface area contributed by atoms with E-state index in [1.54, 1.807) is 30.1 Å². The number of methoxy groups -OCH3 is 1. The van der Waals surface area contributed by atoms with Crippen LogP contribution in [0.4, 0.5) is 5.69 Å². The zero-order chi connectivity index (χ0) is 23.3. The molecule has 0 fully saturated rings. The highest BCUT2D eigenvalue weighted by Crippen LogP contribution is 2.25. The average molecular weight is 450 g/mol. The number of rotatable bonds is 6. The smallest absolute Gasteiger partial charge is 0.288 e. The van der Waals surface area contributed by atoms with Crippen molar-refractivity contribution in [3.05, 3.63) is 89.7 Å². The molecule has 0 spiro atoms. The van der Waals surface area contributed by atoms with Crippen LogP contribution >= 0.6 is 12.2 Å². The van der Waals surface area contributed by atoms with Gasteiger partial charge < -0.3 is 20.3 Å². The topological polar surface area (TPSA) is 65.6 Å². The van der Waals surface area contributed by atoms with Crippen molar-refractivity contribution < 1.29 is 19.5 Å². The second kappa shape index (κ2) is 9.94. The lowest BCUT2D eigenvalue weighted by Crippen LogP contribution is -2.39. The third-order valence-corrected chi connectivity index (χ3v) is 5.41. The molecule has 0 aliphatic heterocycles. The van der Waals surface area contributed by atoms with Gasteiger partial charge in [-0.3, -0.25) is 0 Å². The molecule has 3 aromatic rings. The molecule has 0 amide bonds. The highest BCUT2D eigenvalue weighted by atomic mass is 32.1. The van der Waals surface area contributed by atoms with Crippen molar-refractivity contribution in [2.24, 2.45) is 0 Å². The zero-order valence-electron chi connectivity index (χ0n) is 18.8. The molecule has 0 bridgehead atoms. The zero-order valence-corrected chi connectivity index (χ0v) is 19.6. The lowest BCUT2D eigenvalue weighted by molar-refractivity contribution is -0.576. The molecule has 0 aliphatic carbocycles. The van der Waals surface area contributed by atoms with Crippen LogP contribution in [0, 0.1) is 0 Å². The third-order valence-electron chi connectivity index (χ3n) is 5.11. The molecule has 3 rings (SSSR count). The largest absolute Gasteiger partial charge is 0.502 e. The second-order valence-corrected chi connectivity index (χ2v) is 8.89. The summed E-state index contributed by atoms with van der Waals surface area (Å²) in [6.07, 6.45) is 3.54. The van der Waals surface area contributed by atoms with E-state index in [9.17, 15) is 10.2 Å². The molecule has 2 aromatic carbocycles. The number of thiocarbonyl (C=S) groups is 1. The number of pyridine rings is 1. The van der Waals surface area contributed by atoms with Gasteiger partial charge in [-0.2, -0.15) is 4.57 Å². The molecule has 0 atom stereocenters. The number of ether oxygens (including phenoxy) is 1. The molecule has 0 aliphatic rings. The van der Waals surface area contributed by atoms with E-state index in [1.807, 2.05) is 54.6 Å². The second-order valence-electron chi connectivity index (χ2n) is 8.48. The minimum atomic E-state index is -0.117. The predicted molar refractivity (Wildman–Crippen MR) is 133 cm³/mol. The molecule has 0 radical (unpaired) electrons. The van der Waals surface area contributed by atoms with Gasteiger partial charge in [-0.05, 0) is 41.3 Å². The number of nitrogens with one attached hydrogen (secondary N) is 1. The maximum absolute atomic E-state index is 11.3. The van der Waals surface area contributed by atoms with Gasteiger partial charge in [0.1, 0.15) is 5.75 Å². The normalized spacial score (nSPS) is 12.2. The summed E-state index contributed by atoms with van der Waals surface area (Å²) in [6, 6.07) is 18.8. The summed E-state index contributed by atoms with van der Waals surface area (Å²) in [6.45, 7) is 6.32. The first-order valence-corrected chi connectivity index (χ1v) is 10.7. The molecule has 6 heteroatoms. The van der Waals surface area contributed by atoms with Crippen molar-refractivity contribution in [1.29, 1.82) is 0 Å². The van der Waals surface area contributed by atoms with Crippen LogP contribution < -0.4 is 14.6 Å². The summed E-state index contributed by atoms with van der Waals surface area (Å²) < 4.78 is 6.93. The van der Waals surface area contributed by atoms with E-state index in [0.717, 1.165) is 11.4 Å². The van der Waals surface area contributed by atoms with Crippen LogP contribution in [0.25, 0.3) is 11.5 Å². The van der Waals surface area contributed by atoms with Gasteiger partial charge >= 0.3 is 0 Å². The van der Waals surface area contributed by atoms with Gasteiger partial charge in [0.15, 0.2) is 23.1 Å². The maximum atomic E-state index is 11.3. The van der Waals surface area contributed by atoms with Gasteiger partial charge in [-0.25, -0.2) is 0 Å². The summed E-state index contributed by atoms with van der Waals surface area (Å²) in [7, 11) is 1.61. The molecule has 3 N–H and O–H groups in total. The highest BCUT2D eigenvalue weighted by molar-refractivity contribution is 7.81. The summed E-state index contributed by atoms with van der Waals surface area (Å²) in [4.78, 5) is 0.340. The number of aliphatic hydroxyl groups is 2. The molecule has 0 unspecified atom stereocenters. The first-order chi connectivity index (χ1) is 15.2. The van der Waals surface area contributed by atoms with Gasteiger partial charge in [0.25, 0.3) is 5.70 Å². The quantitative estimate of drug-likeness (QED) is 0.212. The molecular weight excluding hydrogens is 420 g/mol. The van der Waals surface area contributed by atoms with Crippen LogP contribution in [0.5, 0.6) is 5.75 Å². The van der Waals surface area contributed by atoms with Crippen molar-refractivity contribution in [2.75, 3.05) is 12.4 Å². The fourth-order valence-corrected chi connectivity index (χ4v) is 3.55. The molecule has 32 heavy (non-hydrogen) atoms. The van der Waals surface area contributed by atoms with Crippen molar-refractivity contribution in [3.8, 4) is 5.75 Å². The fraction of sp³-hybridized carbons (Fsp3) is 0.231. The molecule has 0 saturated heterocycles. The Kier molecular flexibility index (Phi) is 7.28. The van der Waals surface area contributed by atoms with E-state index < -0.39 is 0 Å². The Hall–Kier alpha value is -3.22. The van der Waals surface area contributed by atoms with Gasteiger partial charge in [0, 0.05) is 22.9 Å². The van der Waals surface area contributed by atoms with Crippen molar-refractivity contribution in [1.82, 2.24) is 0 Å². The number of nitrogens with zero attached hydrogens (tertiary/aromatic N) is 1. The lowest BCUT2D eigenvalue weighted by Gasteiger charge is -2.19. The Morgan fingerprint density at radius 1 is 1.03 bits per heavy atom. The van der Waals surface area contributed by atoms with Gasteiger partial charge in [-0.1, -0.05) is 57.3 Å². The molecule has 166 valence electrons. The summed E-state index contributed by atoms with van der Waals surface area (Å²) in [5, 5.41) is 24.0. The standard InChI is InChI=1S/C26H28N2O3S/c1-26(2,3)20-9-7-19(8-10-20)24(30)23(28-15-5-6-18(16-28)17-29)25(32)27-21-11-13-22(31-4)14-12-21/h5-16,29H,17H2,1-4H3,(H-,27,30,32)/p+1. The molecular formula is C26H29N2O3S+. The number of aromatic nitrogens is 1. The van der Waals surface area contributed by atoms with E-state index >= 15 is 0 Å². The van der Waals surface area contributed by atoms with Crippen molar-refractivity contribution >= 4 is 34.3 Å². The van der Waals surface area contributed by atoms with E-state index in [2.05, 4.69) is 26.1 Å². The summed E-state index contributed by atoms with van der Waals surface area (Å²) in [5.74, 6) is 0.778. The van der Waals surface area contributed by atoms with E-state index in [1.165, 1.54) is 5.56 Å². The number of aliphatic hydroxyl groups excluding tert-OH is 2. The van der Waals surface area contributed by atoms with Crippen LogP contribution in [-0.4, -0.2) is 22.3 Å². The lowest BCUT2D eigenvalue weighted by atomic mass is 9.86. The van der Waals surface area contributed by atoms with Gasteiger partial charge in [0.05, 0.1) is 13.7 Å². The minimum absolute atomic E-state index is 0.0100. The Morgan fingerprint density at radius 2 is 1.69 bits per heavy atom. The third kappa shape index (κ3) is 5.52. The molecule has 0 saturated carbocycles. The van der Waals surface area contributed by atoms with Crippen LogP contribution in [-0.2, 0) is 12.0 Å².